The van der Waals surface area contributed by atoms with E-state index in [9.17, 15) is 9.59 Å². The minimum atomic E-state index is -0.536. The predicted octanol–water partition coefficient (Wildman–Crippen LogP) is 4.44. The van der Waals surface area contributed by atoms with Crippen molar-refractivity contribution in [1.82, 2.24) is 0 Å². The van der Waals surface area contributed by atoms with Gasteiger partial charge >= 0.3 is 0 Å². The van der Waals surface area contributed by atoms with E-state index in [1.54, 1.807) is 11.8 Å². The molecule has 0 bridgehead atoms. The predicted molar refractivity (Wildman–Crippen MR) is 107 cm³/mol. The van der Waals surface area contributed by atoms with Crippen LogP contribution in [0.4, 0.5) is 11.4 Å². The zero-order valence-electron chi connectivity index (χ0n) is 16.1. The van der Waals surface area contributed by atoms with Gasteiger partial charge in [-0.1, -0.05) is 37.6 Å². The number of anilines is 2. The third-order valence-electron chi connectivity index (χ3n) is 4.80. The first-order valence-electron chi connectivity index (χ1n) is 9.46. The van der Waals surface area contributed by atoms with Gasteiger partial charge in [-0.25, -0.2) is 0 Å². The minimum Gasteiger partial charge on any atom is -0.479 e. The van der Waals surface area contributed by atoms with Crippen molar-refractivity contribution < 1.29 is 14.3 Å². The molecular formula is C22H26N2O3. The summed E-state index contributed by atoms with van der Waals surface area (Å²) in [5.41, 5.74) is 3.59. The quantitative estimate of drug-likeness (QED) is 0.822. The zero-order valence-corrected chi connectivity index (χ0v) is 16.1. The zero-order chi connectivity index (χ0) is 19.4. The van der Waals surface area contributed by atoms with E-state index >= 15 is 0 Å². The lowest BCUT2D eigenvalue weighted by Crippen LogP contribution is -2.44. The van der Waals surface area contributed by atoms with E-state index < -0.39 is 6.10 Å². The Hall–Kier alpha value is -2.82. The van der Waals surface area contributed by atoms with E-state index in [-0.39, 0.29) is 11.8 Å². The number of aryl methyl sites for hydroxylation is 1. The van der Waals surface area contributed by atoms with E-state index in [1.807, 2.05) is 49.4 Å². The van der Waals surface area contributed by atoms with Gasteiger partial charge in [-0.05, 0) is 49.6 Å². The van der Waals surface area contributed by atoms with E-state index in [4.69, 9.17) is 4.74 Å². The molecule has 1 heterocycles. The molecule has 1 aliphatic rings. The molecule has 1 N–H and O–H groups in total. The second-order valence-electron chi connectivity index (χ2n) is 6.95. The van der Waals surface area contributed by atoms with Gasteiger partial charge in [0.05, 0.1) is 12.2 Å². The van der Waals surface area contributed by atoms with Gasteiger partial charge in [0.2, 0.25) is 5.91 Å². The third-order valence-corrected chi connectivity index (χ3v) is 4.80. The summed E-state index contributed by atoms with van der Waals surface area (Å²) in [6, 6.07) is 13.5. The highest BCUT2D eigenvalue weighted by Crippen LogP contribution is 2.37. The maximum absolute atomic E-state index is 12.8. The molecule has 2 amide bonds. The lowest BCUT2D eigenvalue weighted by molar-refractivity contribution is -0.125. The molecule has 1 aliphatic heterocycles. The highest BCUT2D eigenvalue weighted by atomic mass is 16.5. The topological polar surface area (TPSA) is 58.6 Å². The molecule has 5 nitrogen and oxygen atoms in total. The Kier molecular flexibility index (Phi) is 5.79. The largest absolute Gasteiger partial charge is 0.479 e. The van der Waals surface area contributed by atoms with Crippen LogP contribution in [0.2, 0.25) is 0 Å². The molecule has 0 spiro atoms. The fourth-order valence-electron chi connectivity index (χ4n) is 3.17. The van der Waals surface area contributed by atoms with Gasteiger partial charge in [0.15, 0.2) is 6.10 Å². The van der Waals surface area contributed by atoms with Crippen LogP contribution in [0, 0.1) is 6.92 Å². The number of nitrogens with one attached hydrogen (secondary N) is 1. The lowest BCUT2D eigenvalue weighted by atomic mass is 10.1. The van der Waals surface area contributed by atoms with Gasteiger partial charge in [-0.2, -0.15) is 0 Å². The molecule has 0 radical (unpaired) electrons. The maximum Gasteiger partial charge on any atom is 0.268 e. The second kappa shape index (κ2) is 8.25. The average molecular weight is 366 g/mol. The molecule has 0 aromatic heterocycles. The van der Waals surface area contributed by atoms with Crippen LogP contribution in [-0.4, -0.2) is 17.9 Å². The van der Waals surface area contributed by atoms with Crippen LogP contribution in [0.15, 0.2) is 42.5 Å². The molecule has 0 aliphatic carbocycles. The van der Waals surface area contributed by atoms with Crippen molar-refractivity contribution in [3.8, 4) is 5.75 Å². The average Bonchev–Trinajstić information content (AvgIpc) is 2.65. The Morgan fingerprint density at radius 2 is 2.00 bits per heavy atom. The Balaban J connectivity index is 1.89. The van der Waals surface area contributed by atoms with Crippen molar-refractivity contribution >= 4 is 23.2 Å². The SMILES string of the molecule is CCCCC(=O)Nc1ccc2c(c1)N(Cc1ccccc1C)C(=O)C(C)O2. The number of carbonyl (C=O) groups is 2. The molecule has 3 rings (SSSR count). The highest BCUT2D eigenvalue weighted by Gasteiger charge is 2.32. The van der Waals surface area contributed by atoms with Crippen LogP contribution >= 0.6 is 0 Å². The van der Waals surface area contributed by atoms with Gasteiger partial charge in [0.1, 0.15) is 5.75 Å². The fraction of sp³-hybridized carbons (Fsp3) is 0.364. The standard InChI is InChI=1S/C22H26N2O3/c1-4-5-10-21(25)23-18-11-12-20-19(13-18)24(22(26)16(3)27-20)14-17-9-7-6-8-15(17)2/h6-9,11-13,16H,4-5,10,14H2,1-3H3,(H,23,25). The molecule has 5 heteroatoms. The molecule has 2 aromatic carbocycles. The van der Waals surface area contributed by atoms with Crippen LogP contribution in [0.3, 0.4) is 0 Å². The molecule has 0 saturated heterocycles. The summed E-state index contributed by atoms with van der Waals surface area (Å²) in [4.78, 5) is 26.6. The first-order chi connectivity index (χ1) is 13.0. The van der Waals surface area contributed by atoms with Gasteiger partial charge in [0, 0.05) is 12.1 Å². The van der Waals surface area contributed by atoms with Crippen LogP contribution in [0.1, 0.15) is 44.2 Å². The summed E-state index contributed by atoms with van der Waals surface area (Å²) in [7, 11) is 0. The number of amides is 2. The summed E-state index contributed by atoms with van der Waals surface area (Å²) in [5.74, 6) is 0.557. The molecule has 1 atom stereocenters. The number of ether oxygens (including phenoxy) is 1. The number of benzene rings is 2. The van der Waals surface area contributed by atoms with Crippen LogP contribution < -0.4 is 15.0 Å². The van der Waals surface area contributed by atoms with Gasteiger partial charge < -0.3 is 15.0 Å². The number of hydrogen-bond donors (Lipinski definition) is 1. The summed E-state index contributed by atoms with van der Waals surface area (Å²) < 4.78 is 5.76. The van der Waals surface area contributed by atoms with Gasteiger partial charge in [0.25, 0.3) is 5.91 Å². The van der Waals surface area contributed by atoms with Crippen LogP contribution in [0.5, 0.6) is 5.75 Å². The van der Waals surface area contributed by atoms with Crippen LogP contribution in [0.25, 0.3) is 0 Å². The van der Waals surface area contributed by atoms with E-state index in [2.05, 4.69) is 12.2 Å². The van der Waals surface area contributed by atoms with Crippen molar-refractivity contribution in [3.05, 3.63) is 53.6 Å². The van der Waals surface area contributed by atoms with Crippen molar-refractivity contribution in [2.24, 2.45) is 0 Å². The Bertz CT molecular complexity index is 847. The first-order valence-corrected chi connectivity index (χ1v) is 9.46. The summed E-state index contributed by atoms with van der Waals surface area (Å²) >= 11 is 0. The third kappa shape index (κ3) is 4.30. The number of unbranched alkanes of at least 4 members (excludes halogenated alkanes) is 1. The molecule has 27 heavy (non-hydrogen) atoms. The molecular weight excluding hydrogens is 340 g/mol. The molecule has 0 fully saturated rings. The second-order valence-corrected chi connectivity index (χ2v) is 6.95. The van der Waals surface area contributed by atoms with Gasteiger partial charge in [-0.3, -0.25) is 9.59 Å². The number of nitrogens with zero attached hydrogens (tertiary/aromatic N) is 1. The van der Waals surface area contributed by atoms with Crippen molar-refractivity contribution in [1.29, 1.82) is 0 Å². The maximum atomic E-state index is 12.8. The Morgan fingerprint density at radius 3 is 2.74 bits per heavy atom. The molecule has 1 unspecified atom stereocenters. The highest BCUT2D eigenvalue weighted by molar-refractivity contribution is 6.01. The van der Waals surface area contributed by atoms with Crippen molar-refractivity contribution in [2.75, 3.05) is 10.2 Å². The molecule has 142 valence electrons. The van der Waals surface area contributed by atoms with Crippen molar-refractivity contribution in [2.45, 2.75) is 52.7 Å². The fourth-order valence-corrected chi connectivity index (χ4v) is 3.17. The number of carbonyl (C=O) groups excluding carboxylic acids is 2. The summed E-state index contributed by atoms with van der Waals surface area (Å²) in [5, 5.41) is 2.92. The molecule has 2 aromatic rings. The summed E-state index contributed by atoms with van der Waals surface area (Å²) in [6.07, 6.45) is 1.79. The first kappa shape index (κ1) is 19.0. The lowest BCUT2D eigenvalue weighted by Gasteiger charge is -2.33. The van der Waals surface area contributed by atoms with E-state index in [1.165, 1.54) is 0 Å². The monoisotopic (exact) mass is 366 g/mol. The Labute approximate surface area is 160 Å². The number of rotatable bonds is 6. The van der Waals surface area contributed by atoms with Crippen molar-refractivity contribution in [3.63, 3.8) is 0 Å². The van der Waals surface area contributed by atoms with E-state index in [0.717, 1.165) is 24.0 Å². The Morgan fingerprint density at radius 1 is 1.22 bits per heavy atom. The van der Waals surface area contributed by atoms with E-state index in [0.29, 0.717) is 30.1 Å². The number of fused-ring (bicyclic) bond motifs is 1. The number of hydrogen-bond acceptors (Lipinski definition) is 3. The molecule has 0 saturated carbocycles. The summed E-state index contributed by atoms with van der Waals surface area (Å²) in [6.45, 7) is 6.32. The normalized spacial score (nSPS) is 15.9. The minimum absolute atomic E-state index is 0.0151. The van der Waals surface area contributed by atoms with Crippen LogP contribution in [-0.2, 0) is 16.1 Å². The smallest absolute Gasteiger partial charge is 0.268 e. The van der Waals surface area contributed by atoms with Gasteiger partial charge in [-0.15, -0.1) is 0 Å².